The predicted octanol–water partition coefficient (Wildman–Crippen LogP) is 2.40. The van der Waals surface area contributed by atoms with Crippen molar-refractivity contribution < 1.29 is 0 Å². The molecule has 0 aliphatic heterocycles. The molecule has 1 atom stereocenters. The average molecular weight is 250 g/mol. The van der Waals surface area contributed by atoms with Crippen LogP contribution in [0.15, 0.2) is 12.4 Å². The molecule has 0 bridgehead atoms. The summed E-state index contributed by atoms with van der Waals surface area (Å²) in [5, 5.41) is 0. The summed E-state index contributed by atoms with van der Waals surface area (Å²) >= 11 is 2.37. The Bertz CT molecular complexity index is 205. The van der Waals surface area contributed by atoms with Gasteiger partial charge in [-0.05, 0) is 13.8 Å². The van der Waals surface area contributed by atoms with E-state index in [2.05, 4.69) is 46.0 Å². The second-order valence-electron chi connectivity index (χ2n) is 2.19. The first kappa shape index (κ1) is 8.04. The molecule has 0 saturated heterocycles. The van der Waals surface area contributed by atoms with E-state index in [1.165, 1.54) is 5.82 Å². The number of aryl methyl sites for hydroxylation is 1. The molecular formula is C7H11IN2. The highest BCUT2D eigenvalue weighted by Gasteiger charge is 2.05. The van der Waals surface area contributed by atoms with Gasteiger partial charge in [0.1, 0.15) is 5.82 Å². The van der Waals surface area contributed by atoms with E-state index in [1.807, 2.05) is 12.4 Å². The fraction of sp³-hybridized carbons (Fsp3) is 0.571. The third kappa shape index (κ3) is 1.51. The van der Waals surface area contributed by atoms with Crippen LogP contribution in [0, 0.1) is 0 Å². The summed E-state index contributed by atoms with van der Waals surface area (Å²) < 4.78 is 2.67. The first-order valence-corrected chi connectivity index (χ1v) is 4.65. The summed E-state index contributed by atoms with van der Waals surface area (Å²) in [6, 6.07) is 0. The number of hydrogen-bond acceptors (Lipinski definition) is 1. The SMILES string of the molecule is CCn1ccnc1[C@H](C)I. The van der Waals surface area contributed by atoms with Crippen molar-refractivity contribution in [3.05, 3.63) is 18.2 Å². The lowest BCUT2D eigenvalue weighted by atomic mass is 10.4. The molecule has 1 heterocycles. The van der Waals surface area contributed by atoms with Crippen LogP contribution >= 0.6 is 22.6 Å². The third-order valence-electron chi connectivity index (χ3n) is 1.44. The standard InChI is InChI=1S/C7H11IN2/c1-3-10-5-4-9-7(10)6(2)8/h4-6H,3H2,1-2H3/t6-/m0/s1. The van der Waals surface area contributed by atoms with Crippen molar-refractivity contribution in [3.63, 3.8) is 0 Å². The van der Waals surface area contributed by atoms with Gasteiger partial charge in [-0.15, -0.1) is 0 Å². The zero-order valence-electron chi connectivity index (χ0n) is 6.21. The second kappa shape index (κ2) is 3.37. The zero-order chi connectivity index (χ0) is 7.56. The maximum Gasteiger partial charge on any atom is 0.121 e. The van der Waals surface area contributed by atoms with Gasteiger partial charge in [0, 0.05) is 18.9 Å². The Morgan fingerprint density at radius 1 is 1.80 bits per heavy atom. The van der Waals surface area contributed by atoms with Crippen LogP contribution < -0.4 is 0 Å². The maximum absolute atomic E-state index is 4.24. The minimum absolute atomic E-state index is 0.507. The lowest BCUT2D eigenvalue weighted by Crippen LogP contribution is -2.00. The summed E-state index contributed by atoms with van der Waals surface area (Å²) in [5.41, 5.74) is 0. The Hall–Kier alpha value is -0.0600. The van der Waals surface area contributed by atoms with Crippen molar-refractivity contribution in [2.75, 3.05) is 0 Å². The number of imidazole rings is 1. The molecule has 2 nitrogen and oxygen atoms in total. The van der Waals surface area contributed by atoms with Crippen LogP contribution in [-0.2, 0) is 6.54 Å². The van der Waals surface area contributed by atoms with Crippen LogP contribution in [0.3, 0.4) is 0 Å². The summed E-state index contributed by atoms with van der Waals surface area (Å²) in [7, 11) is 0. The molecule has 0 radical (unpaired) electrons. The Balaban J connectivity index is 2.90. The van der Waals surface area contributed by atoms with Crippen molar-refractivity contribution in [2.45, 2.75) is 24.3 Å². The van der Waals surface area contributed by atoms with E-state index in [0.717, 1.165) is 6.54 Å². The first-order valence-electron chi connectivity index (χ1n) is 3.40. The van der Waals surface area contributed by atoms with Crippen LogP contribution in [0.2, 0.25) is 0 Å². The van der Waals surface area contributed by atoms with Crippen molar-refractivity contribution >= 4 is 22.6 Å². The molecule has 3 heteroatoms. The highest BCUT2D eigenvalue weighted by atomic mass is 127. The second-order valence-corrected chi connectivity index (χ2v) is 4.06. The van der Waals surface area contributed by atoms with E-state index in [4.69, 9.17) is 0 Å². The fourth-order valence-corrected chi connectivity index (χ4v) is 1.46. The molecule has 1 rings (SSSR count). The Labute approximate surface area is 74.8 Å². The maximum atomic E-state index is 4.24. The lowest BCUT2D eigenvalue weighted by Gasteiger charge is -2.04. The largest absolute Gasteiger partial charge is 0.334 e. The molecule has 1 aromatic rings. The zero-order valence-corrected chi connectivity index (χ0v) is 8.37. The summed E-state index contributed by atoms with van der Waals surface area (Å²) in [6.45, 7) is 5.29. The smallest absolute Gasteiger partial charge is 0.121 e. The van der Waals surface area contributed by atoms with E-state index in [9.17, 15) is 0 Å². The van der Waals surface area contributed by atoms with Crippen molar-refractivity contribution in [1.29, 1.82) is 0 Å². The molecule has 0 amide bonds. The van der Waals surface area contributed by atoms with E-state index in [0.29, 0.717) is 3.92 Å². The van der Waals surface area contributed by atoms with E-state index in [1.54, 1.807) is 0 Å². The molecule has 10 heavy (non-hydrogen) atoms. The van der Waals surface area contributed by atoms with Gasteiger partial charge in [0.2, 0.25) is 0 Å². The number of rotatable bonds is 2. The quantitative estimate of drug-likeness (QED) is 0.582. The number of nitrogens with zero attached hydrogens (tertiary/aromatic N) is 2. The molecule has 0 aliphatic carbocycles. The van der Waals surface area contributed by atoms with Gasteiger partial charge in [0.15, 0.2) is 0 Å². The van der Waals surface area contributed by atoms with Crippen LogP contribution in [0.5, 0.6) is 0 Å². The normalized spacial score (nSPS) is 13.5. The molecule has 0 spiro atoms. The van der Waals surface area contributed by atoms with Crippen LogP contribution in [0.4, 0.5) is 0 Å². The van der Waals surface area contributed by atoms with Gasteiger partial charge in [-0.1, -0.05) is 22.6 Å². The van der Waals surface area contributed by atoms with Gasteiger partial charge < -0.3 is 4.57 Å². The number of hydrogen-bond donors (Lipinski definition) is 0. The topological polar surface area (TPSA) is 17.8 Å². The van der Waals surface area contributed by atoms with Crippen molar-refractivity contribution in [1.82, 2.24) is 9.55 Å². The Morgan fingerprint density at radius 2 is 2.50 bits per heavy atom. The molecule has 0 aromatic carbocycles. The molecule has 0 aliphatic rings. The molecule has 0 fully saturated rings. The average Bonchev–Trinajstić information content (AvgIpc) is 2.33. The molecule has 0 unspecified atom stereocenters. The minimum Gasteiger partial charge on any atom is -0.334 e. The van der Waals surface area contributed by atoms with Crippen LogP contribution in [0.1, 0.15) is 23.6 Å². The molecular weight excluding hydrogens is 239 g/mol. The summed E-state index contributed by atoms with van der Waals surface area (Å²) in [5.74, 6) is 1.17. The number of alkyl halides is 1. The van der Waals surface area contributed by atoms with Gasteiger partial charge in [0.25, 0.3) is 0 Å². The Morgan fingerprint density at radius 3 is 2.90 bits per heavy atom. The predicted molar refractivity (Wildman–Crippen MR) is 50.3 cm³/mol. The van der Waals surface area contributed by atoms with Gasteiger partial charge in [-0.2, -0.15) is 0 Å². The highest BCUT2D eigenvalue weighted by molar-refractivity contribution is 14.1. The van der Waals surface area contributed by atoms with E-state index in [-0.39, 0.29) is 0 Å². The molecule has 0 N–H and O–H groups in total. The van der Waals surface area contributed by atoms with Gasteiger partial charge in [-0.25, -0.2) is 4.98 Å². The molecule has 0 saturated carbocycles. The van der Waals surface area contributed by atoms with E-state index < -0.39 is 0 Å². The lowest BCUT2D eigenvalue weighted by molar-refractivity contribution is 0.706. The van der Waals surface area contributed by atoms with Gasteiger partial charge >= 0.3 is 0 Å². The summed E-state index contributed by atoms with van der Waals surface area (Å²) in [6.07, 6.45) is 3.87. The van der Waals surface area contributed by atoms with E-state index >= 15 is 0 Å². The summed E-state index contributed by atoms with van der Waals surface area (Å²) in [4.78, 5) is 4.24. The molecule has 56 valence electrons. The van der Waals surface area contributed by atoms with Crippen LogP contribution in [0.25, 0.3) is 0 Å². The minimum atomic E-state index is 0.507. The van der Waals surface area contributed by atoms with Crippen LogP contribution in [-0.4, -0.2) is 9.55 Å². The third-order valence-corrected chi connectivity index (χ3v) is 2.00. The van der Waals surface area contributed by atoms with Crippen molar-refractivity contribution in [2.24, 2.45) is 0 Å². The fourth-order valence-electron chi connectivity index (χ4n) is 0.939. The van der Waals surface area contributed by atoms with Gasteiger partial charge in [0.05, 0.1) is 3.92 Å². The first-order chi connectivity index (χ1) is 4.75. The van der Waals surface area contributed by atoms with Crippen molar-refractivity contribution in [3.8, 4) is 0 Å². The van der Waals surface area contributed by atoms with Gasteiger partial charge in [-0.3, -0.25) is 0 Å². The number of halogens is 1. The molecule has 1 aromatic heterocycles. The Kier molecular flexibility index (Phi) is 2.71. The monoisotopic (exact) mass is 250 g/mol. The number of aromatic nitrogens is 2. The highest BCUT2D eigenvalue weighted by Crippen LogP contribution is 2.19.